The third-order valence-electron chi connectivity index (χ3n) is 1.19. The van der Waals surface area contributed by atoms with E-state index in [1.54, 1.807) is 0 Å². The van der Waals surface area contributed by atoms with Crippen LogP contribution in [0.15, 0.2) is 0 Å². The second kappa shape index (κ2) is 6.41. The fraction of sp³-hybridized carbons (Fsp3) is 0. The number of hydrogen-bond acceptors (Lipinski definition) is 10. The van der Waals surface area contributed by atoms with Gasteiger partial charge in [-0.2, -0.15) is 0 Å². The number of nitrogens with zero attached hydrogens (tertiary/aromatic N) is 6. The predicted molar refractivity (Wildman–Crippen MR) is 44.2 cm³/mol. The van der Waals surface area contributed by atoms with Gasteiger partial charge in [0.05, 0.1) is 0 Å². The van der Waals surface area contributed by atoms with Crippen molar-refractivity contribution in [2.45, 2.75) is 0 Å². The van der Waals surface area contributed by atoms with Gasteiger partial charge in [0.1, 0.15) is 0 Å². The fourth-order valence-electron chi connectivity index (χ4n) is 0.265. The summed E-state index contributed by atoms with van der Waals surface area (Å²) < 4.78 is 34.1. The SMILES string of the molecule is N#[C][Fe-3]([C]#N)([C]#N)([C]#N)([C]#N)[C]#N.O=S(=O)([O-])[O-].[K+]. The molecule has 97 valence electrons. The quantitative estimate of drug-likeness (QED) is 0.233. The zero-order valence-electron chi connectivity index (χ0n) is 9.08. The van der Waals surface area contributed by atoms with Gasteiger partial charge in [0, 0.05) is 10.4 Å². The summed E-state index contributed by atoms with van der Waals surface area (Å²) in [6, 6.07) is 0. The van der Waals surface area contributed by atoms with E-state index in [0.717, 1.165) is 29.8 Å². The standard InChI is InChI=1S/6CN.Fe.K.H2O4S/c6*1-2;;;1-5(2,3)4/h;;;;;;;;(H2,1,2,3,4)/q;;;;;;-3;+1;/p-2. The number of nitriles is 6. The normalized spacial score (nSPS) is 12.2. The van der Waals surface area contributed by atoms with Gasteiger partial charge >= 0.3 is 123 Å². The molecule has 0 aromatic rings. The summed E-state index contributed by atoms with van der Waals surface area (Å²) in [4.78, 5) is 6.19. The first kappa shape index (κ1) is 23.1. The van der Waals surface area contributed by atoms with Crippen LogP contribution in [-0.4, -0.2) is 17.5 Å². The fourth-order valence-corrected chi connectivity index (χ4v) is 1.09. The molecule has 0 radical (unpaired) electrons. The van der Waals surface area contributed by atoms with Gasteiger partial charge in [-0.05, 0) is 0 Å². The van der Waals surface area contributed by atoms with Crippen molar-refractivity contribution in [3.63, 3.8) is 0 Å². The Morgan fingerprint density at radius 3 is 0.789 bits per heavy atom. The Morgan fingerprint density at radius 1 is 0.684 bits per heavy atom. The summed E-state index contributed by atoms with van der Waals surface area (Å²) in [7, 11) is -11.3. The summed E-state index contributed by atoms with van der Waals surface area (Å²) in [6.45, 7) is 0. The van der Waals surface area contributed by atoms with E-state index in [4.69, 9.17) is 49.1 Å². The molecule has 0 bridgehead atoms. The van der Waals surface area contributed by atoms with Gasteiger partial charge in [0.25, 0.3) is 0 Å². The molecular formula is C6FeKN6O4S-4. The molecule has 0 heterocycles. The van der Waals surface area contributed by atoms with Gasteiger partial charge in [0.15, 0.2) is 0 Å². The smallest absolute Gasteiger partial charge is 0.759 e. The van der Waals surface area contributed by atoms with Gasteiger partial charge < -0.3 is 9.11 Å². The third-order valence-corrected chi connectivity index (χ3v) is 4.89. The van der Waals surface area contributed by atoms with Crippen LogP contribution in [-0.2, 0) is 21.1 Å². The molecule has 0 aromatic heterocycles. The zero-order valence-corrected chi connectivity index (χ0v) is 14.1. The Labute approximate surface area is 149 Å². The van der Waals surface area contributed by atoms with Crippen molar-refractivity contribution in [3.05, 3.63) is 0 Å². The predicted octanol–water partition coefficient (Wildman–Crippen LogP) is -4.24. The molecule has 0 atom stereocenters. The van der Waals surface area contributed by atoms with E-state index in [2.05, 4.69) is 0 Å². The Bertz CT molecular complexity index is 597. The van der Waals surface area contributed by atoms with Crippen molar-refractivity contribution in [2.24, 2.45) is 0 Å². The molecule has 0 spiro atoms. The molecule has 0 N–H and O–H groups in total. The molecule has 0 fully saturated rings. The molecule has 0 saturated carbocycles. The van der Waals surface area contributed by atoms with Crippen molar-refractivity contribution < 1.29 is 79.6 Å². The van der Waals surface area contributed by atoms with Crippen molar-refractivity contribution in [1.29, 1.82) is 31.6 Å². The van der Waals surface area contributed by atoms with E-state index < -0.39 is 21.1 Å². The minimum Gasteiger partial charge on any atom is -0.759 e. The topological polar surface area (TPSA) is 223 Å². The first-order chi connectivity index (χ1) is 7.97. The number of hydrogen-bond donors (Lipinski definition) is 0. The first-order valence-electron chi connectivity index (χ1n) is 3.07. The summed E-state index contributed by atoms with van der Waals surface area (Å²) >= 11 is 0. The minimum atomic E-state index is -6.17. The van der Waals surface area contributed by atoms with Gasteiger partial charge in [-0.1, -0.05) is 0 Å². The molecule has 13 heteroatoms. The van der Waals surface area contributed by atoms with Crippen LogP contribution in [0.1, 0.15) is 0 Å². The molecule has 0 aliphatic carbocycles. The van der Waals surface area contributed by atoms with Crippen LogP contribution in [0.2, 0.25) is 0 Å². The van der Waals surface area contributed by atoms with E-state index in [1.807, 2.05) is 0 Å². The van der Waals surface area contributed by atoms with E-state index in [1.165, 1.54) is 0 Å². The van der Waals surface area contributed by atoms with Crippen LogP contribution in [0.4, 0.5) is 0 Å². The monoisotopic (exact) mass is 347 g/mol. The van der Waals surface area contributed by atoms with E-state index in [0.29, 0.717) is 0 Å². The zero-order chi connectivity index (χ0) is 15.2. The van der Waals surface area contributed by atoms with E-state index in [9.17, 15) is 0 Å². The van der Waals surface area contributed by atoms with Crippen LogP contribution >= 0.6 is 0 Å². The van der Waals surface area contributed by atoms with Gasteiger partial charge in [0.2, 0.25) is 0 Å². The molecular weight excluding hydrogens is 347 g/mol. The van der Waals surface area contributed by atoms with Crippen LogP contribution in [0.25, 0.3) is 0 Å². The van der Waals surface area contributed by atoms with Crippen molar-refractivity contribution >= 4 is 10.4 Å². The van der Waals surface area contributed by atoms with Gasteiger partial charge in [-0.15, -0.1) is 0 Å². The second-order valence-electron chi connectivity index (χ2n) is 2.21. The average Bonchev–Trinajstić information content (AvgIpc) is 2.34. The summed E-state index contributed by atoms with van der Waals surface area (Å²) in [5.41, 5.74) is 0. The maximum Gasteiger partial charge on any atom is 1.00 e. The maximum absolute atomic E-state index is 8.58. The first-order valence-corrected chi connectivity index (χ1v) is 7.71. The van der Waals surface area contributed by atoms with Crippen molar-refractivity contribution in [3.8, 4) is 29.8 Å². The van der Waals surface area contributed by atoms with E-state index >= 15 is 0 Å². The molecule has 0 aliphatic heterocycles. The molecule has 0 amide bonds. The van der Waals surface area contributed by atoms with Crippen LogP contribution < -0.4 is 51.4 Å². The second-order valence-corrected chi connectivity index (χ2v) is 8.65. The van der Waals surface area contributed by atoms with Crippen LogP contribution in [0, 0.1) is 61.4 Å². The van der Waals surface area contributed by atoms with Gasteiger partial charge in [-0.25, -0.2) is 0 Å². The van der Waals surface area contributed by atoms with Gasteiger partial charge in [-0.3, -0.25) is 8.42 Å². The Balaban J connectivity index is -0.000000366. The molecule has 0 saturated heterocycles. The largest absolute Gasteiger partial charge is 1.00 e. The number of rotatable bonds is 0. The Hall–Kier alpha value is -1.03. The summed E-state index contributed by atoms with van der Waals surface area (Å²) in [5.74, 6) is 0. The Morgan fingerprint density at radius 2 is 0.789 bits per heavy atom. The van der Waals surface area contributed by atoms with Crippen LogP contribution in [0.5, 0.6) is 0 Å². The summed E-state index contributed by atoms with van der Waals surface area (Å²) in [6.07, 6.45) is 0. The maximum atomic E-state index is 8.58. The van der Waals surface area contributed by atoms with Crippen LogP contribution in [0.3, 0.4) is 0 Å². The average molecular weight is 347 g/mol. The Kier molecular flexibility index (Phi) is 7.79. The molecule has 10 nitrogen and oxygen atoms in total. The minimum absolute atomic E-state index is 0. The molecule has 19 heavy (non-hydrogen) atoms. The van der Waals surface area contributed by atoms with Crippen molar-refractivity contribution in [1.82, 2.24) is 0 Å². The van der Waals surface area contributed by atoms with Crippen molar-refractivity contribution in [2.75, 3.05) is 0 Å². The third kappa shape index (κ3) is 4.53. The molecule has 0 aromatic carbocycles. The molecule has 0 rings (SSSR count). The molecule has 0 unspecified atom stereocenters. The van der Waals surface area contributed by atoms with E-state index in [-0.39, 0.29) is 51.4 Å². The molecule has 0 aliphatic rings. The summed E-state index contributed by atoms with van der Waals surface area (Å²) in [5, 5.41) is 51.5.